The predicted molar refractivity (Wildman–Crippen MR) is 65.8 cm³/mol. The monoisotopic (exact) mass is 222 g/mol. The van der Waals surface area contributed by atoms with E-state index in [1.165, 1.54) is 15.0 Å². The summed E-state index contributed by atoms with van der Waals surface area (Å²) in [7, 11) is 4.31. The van der Waals surface area contributed by atoms with Gasteiger partial charge < -0.3 is 10.2 Å². The molecule has 0 amide bonds. The van der Waals surface area contributed by atoms with Crippen LogP contribution in [0.1, 0.15) is 0 Å². The Kier molecular flexibility index (Phi) is 3.18. The van der Waals surface area contributed by atoms with Crippen LogP contribution in [-0.2, 0) is 0 Å². The lowest BCUT2D eigenvalue weighted by atomic mass is 10.2. The fourth-order valence-corrected chi connectivity index (χ4v) is 2.20. The first-order chi connectivity index (χ1) is 7.27. The number of hydrogen-bond acceptors (Lipinski definition) is 3. The van der Waals surface area contributed by atoms with Crippen molar-refractivity contribution in [3.8, 4) is 0 Å². The first-order valence-corrected chi connectivity index (χ1v) is 5.92. The fraction of sp³-hybridized carbons (Fsp3) is 0.364. The number of quaternary nitrogens is 1. The van der Waals surface area contributed by atoms with Gasteiger partial charge in [0.1, 0.15) is 5.82 Å². The van der Waals surface area contributed by atoms with E-state index < -0.39 is 0 Å². The van der Waals surface area contributed by atoms with Gasteiger partial charge in [-0.1, -0.05) is 12.1 Å². The number of fused-ring (bicyclic) bond motifs is 1. The topological polar surface area (TPSA) is 29.4 Å². The van der Waals surface area contributed by atoms with Gasteiger partial charge in [0.2, 0.25) is 0 Å². The van der Waals surface area contributed by atoms with Crippen LogP contribution in [0, 0.1) is 0 Å². The number of nitrogens with zero attached hydrogens (tertiary/aromatic N) is 1. The van der Waals surface area contributed by atoms with Crippen LogP contribution in [0.25, 0.3) is 10.1 Å². The number of hydrogen-bond donors (Lipinski definition) is 2. The smallest absolute Gasteiger partial charge is 0.147 e. The SMILES string of the molecule is C[NH+](C)CCNc1nsc2ccccc12. The van der Waals surface area contributed by atoms with Crippen molar-refractivity contribution in [3.63, 3.8) is 0 Å². The molecular formula is C11H16N3S+. The van der Waals surface area contributed by atoms with Gasteiger partial charge in [0.25, 0.3) is 0 Å². The van der Waals surface area contributed by atoms with E-state index >= 15 is 0 Å². The number of likely N-dealkylation sites (N-methyl/N-ethyl adjacent to an activating group) is 1. The molecule has 3 nitrogen and oxygen atoms in total. The summed E-state index contributed by atoms with van der Waals surface area (Å²) in [5.74, 6) is 1.02. The Bertz CT molecular complexity index is 436. The molecule has 1 aromatic heterocycles. The molecule has 1 heterocycles. The summed E-state index contributed by atoms with van der Waals surface area (Å²) in [6.45, 7) is 2.07. The zero-order valence-electron chi connectivity index (χ0n) is 9.08. The van der Waals surface area contributed by atoms with Gasteiger partial charge >= 0.3 is 0 Å². The maximum atomic E-state index is 4.41. The first kappa shape index (κ1) is 10.4. The molecule has 0 aliphatic carbocycles. The summed E-state index contributed by atoms with van der Waals surface area (Å²) in [4.78, 5) is 1.45. The van der Waals surface area contributed by atoms with Crippen LogP contribution in [0.3, 0.4) is 0 Å². The highest BCUT2D eigenvalue weighted by atomic mass is 32.1. The zero-order valence-corrected chi connectivity index (χ0v) is 9.90. The number of benzene rings is 1. The van der Waals surface area contributed by atoms with Crippen molar-refractivity contribution in [2.24, 2.45) is 0 Å². The Morgan fingerprint density at radius 3 is 2.93 bits per heavy atom. The van der Waals surface area contributed by atoms with Crippen LogP contribution in [0.15, 0.2) is 24.3 Å². The highest BCUT2D eigenvalue weighted by molar-refractivity contribution is 7.13. The van der Waals surface area contributed by atoms with Crippen molar-refractivity contribution in [2.45, 2.75) is 0 Å². The average molecular weight is 222 g/mol. The van der Waals surface area contributed by atoms with Gasteiger partial charge in [-0.3, -0.25) is 0 Å². The lowest BCUT2D eigenvalue weighted by molar-refractivity contribution is -0.856. The number of anilines is 1. The molecule has 0 saturated carbocycles. The Morgan fingerprint density at radius 1 is 1.33 bits per heavy atom. The van der Waals surface area contributed by atoms with Crippen LogP contribution in [0.2, 0.25) is 0 Å². The van der Waals surface area contributed by atoms with Gasteiger partial charge in [-0.05, 0) is 23.7 Å². The molecule has 4 heteroatoms. The van der Waals surface area contributed by atoms with Crippen molar-refractivity contribution in [1.29, 1.82) is 0 Å². The summed E-state index contributed by atoms with van der Waals surface area (Å²) in [5.41, 5.74) is 0. The van der Waals surface area contributed by atoms with Gasteiger partial charge in [0.15, 0.2) is 0 Å². The lowest BCUT2D eigenvalue weighted by Gasteiger charge is -2.07. The minimum Gasteiger partial charge on any atom is -0.363 e. The van der Waals surface area contributed by atoms with Gasteiger partial charge in [-0.15, -0.1) is 0 Å². The number of aromatic nitrogens is 1. The normalized spacial score (nSPS) is 11.1. The number of rotatable bonds is 4. The van der Waals surface area contributed by atoms with E-state index in [9.17, 15) is 0 Å². The van der Waals surface area contributed by atoms with Crippen molar-refractivity contribution >= 4 is 27.4 Å². The molecular weight excluding hydrogens is 206 g/mol. The van der Waals surface area contributed by atoms with Crippen molar-refractivity contribution in [2.75, 3.05) is 32.5 Å². The molecule has 0 atom stereocenters. The molecule has 15 heavy (non-hydrogen) atoms. The summed E-state index contributed by atoms with van der Waals surface area (Å²) in [6.07, 6.45) is 0. The van der Waals surface area contributed by atoms with E-state index in [-0.39, 0.29) is 0 Å². The molecule has 2 aromatic rings. The molecule has 0 saturated heterocycles. The molecule has 0 bridgehead atoms. The Labute approximate surface area is 93.9 Å². The highest BCUT2D eigenvalue weighted by Gasteiger charge is 2.04. The third-order valence-electron chi connectivity index (χ3n) is 2.29. The maximum Gasteiger partial charge on any atom is 0.147 e. The van der Waals surface area contributed by atoms with Gasteiger partial charge in [0.05, 0.1) is 31.9 Å². The van der Waals surface area contributed by atoms with E-state index in [2.05, 4.69) is 42.0 Å². The summed E-state index contributed by atoms with van der Waals surface area (Å²) >= 11 is 1.55. The van der Waals surface area contributed by atoms with E-state index in [1.807, 2.05) is 6.07 Å². The van der Waals surface area contributed by atoms with Crippen molar-refractivity contribution < 1.29 is 4.90 Å². The van der Waals surface area contributed by atoms with Crippen molar-refractivity contribution in [1.82, 2.24) is 4.37 Å². The highest BCUT2D eigenvalue weighted by Crippen LogP contribution is 2.25. The molecule has 80 valence electrons. The van der Waals surface area contributed by atoms with Crippen LogP contribution in [-0.4, -0.2) is 31.6 Å². The average Bonchev–Trinajstić information content (AvgIpc) is 2.62. The largest absolute Gasteiger partial charge is 0.363 e. The minimum absolute atomic E-state index is 0.968. The van der Waals surface area contributed by atoms with Crippen LogP contribution in [0.5, 0.6) is 0 Å². The molecule has 0 radical (unpaired) electrons. The Balaban J connectivity index is 2.08. The van der Waals surface area contributed by atoms with E-state index in [4.69, 9.17) is 0 Å². The summed E-state index contributed by atoms with van der Waals surface area (Å²) in [6, 6.07) is 8.33. The fourth-order valence-electron chi connectivity index (χ4n) is 1.44. The van der Waals surface area contributed by atoms with E-state index in [0.717, 1.165) is 18.9 Å². The lowest BCUT2D eigenvalue weighted by Crippen LogP contribution is -3.06. The standard InChI is InChI=1S/C11H15N3S/c1-14(2)8-7-12-11-9-5-3-4-6-10(9)15-13-11/h3-6H,7-8H2,1-2H3,(H,12,13)/p+1. The minimum atomic E-state index is 0.968. The predicted octanol–water partition coefficient (Wildman–Crippen LogP) is 0.853. The van der Waals surface area contributed by atoms with Gasteiger partial charge in [-0.2, -0.15) is 4.37 Å². The molecule has 0 aliphatic heterocycles. The summed E-state index contributed by atoms with van der Waals surface area (Å²) < 4.78 is 5.66. The maximum absolute atomic E-state index is 4.41. The number of nitrogens with one attached hydrogen (secondary N) is 2. The Hall–Kier alpha value is -1.13. The third-order valence-corrected chi connectivity index (χ3v) is 3.12. The molecule has 1 aromatic carbocycles. The first-order valence-electron chi connectivity index (χ1n) is 5.14. The molecule has 0 aliphatic rings. The van der Waals surface area contributed by atoms with Gasteiger partial charge in [0, 0.05) is 5.39 Å². The Morgan fingerprint density at radius 2 is 2.13 bits per heavy atom. The van der Waals surface area contributed by atoms with Crippen LogP contribution in [0.4, 0.5) is 5.82 Å². The zero-order chi connectivity index (χ0) is 10.7. The second kappa shape index (κ2) is 4.59. The van der Waals surface area contributed by atoms with Crippen LogP contribution < -0.4 is 10.2 Å². The quantitative estimate of drug-likeness (QED) is 0.803. The second-order valence-electron chi connectivity index (χ2n) is 3.91. The molecule has 0 spiro atoms. The van der Waals surface area contributed by atoms with Gasteiger partial charge in [-0.25, -0.2) is 0 Å². The molecule has 2 N–H and O–H groups in total. The molecule has 0 fully saturated rings. The van der Waals surface area contributed by atoms with E-state index in [0.29, 0.717) is 0 Å². The van der Waals surface area contributed by atoms with Crippen molar-refractivity contribution in [3.05, 3.63) is 24.3 Å². The second-order valence-corrected chi connectivity index (χ2v) is 4.72. The molecule has 2 rings (SSSR count). The van der Waals surface area contributed by atoms with E-state index in [1.54, 1.807) is 11.5 Å². The molecule has 0 unspecified atom stereocenters. The van der Waals surface area contributed by atoms with Crippen LogP contribution >= 0.6 is 11.5 Å². The summed E-state index contributed by atoms with van der Waals surface area (Å²) in [5, 5.41) is 4.61. The third kappa shape index (κ3) is 2.46.